The lowest BCUT2D eigenvalue weighted by molar-refractivity contribution is -0.150. The van der Waals surface area contributed by atoms with Crippen molar-refractivity contribution in [1.82, 2.24) is 19.6 Å². The summed E-state index contributed by atoms with van der Waals surface area (Å²) in [6, 6.07) is 5.62. The summed E-state index contributed by atoms with van der Waals surface area (Å²) in [4.78, 5) is 25.7. The molecule has 1 N–H and O–H groups in total. The Balaban J connectivity index is 0.000000968. The molecular weight excluding hydrogens is 431 g/mol. The molecule has 2 atom stereocenters. The lowest BCUT2D eigenvalue weighted by Crippen LogP contribution is -2.53. The molecule has 4 rings (SSSR count). The number of aryl methyl sites for hydroxylation is 1. The van der Waals surface area contributed by atoms with Crippen molar-refractivity contribution in [1.29, 1.82) is 0 Å². The summed E-state index contributed by atoms with van der Waals surface area (Å²) in [7, 11) is 1.87. The second-order valence-electron chi connectivity index (χ2n) is 8.10. The van der Waals surface area contributed by atoms with Crippen LogP contribution in [0.3, 0.4) is 0 Å². The van der Waals surface area contributed by atoms with Crippen molar-refractivity contribution in [2.24, 2.45) is 7.05 Å². The van der Waals surface area contributed by atoms with Crippen molar-refractivity contribution in [2.45, 2.75) is 31.4 Å². The number of piperidine rings is 1. The lowest BCUT2D eigenvalue weighted by atomic mass is 9.99. The monoisotopic (exact) mass is 462 g/mol. The number of ether oxygens (including phenoxy) is 2. The highest BCUT2D eigenvalue weighted by molar-refractivity contribution is 5.78. The van der Waals surface area contributed by atoms with Crippen molar-refractivity contribution in [3.63, 3.8) is 0 Å². The Morgan fingerprint density at radius 3 is 2.73 bits per heavy atom. The van der Waals surface area contributed by atoms with E-state index in [1.807, 2.05) is 18.1 Å². The fourth-order valence-electron chi connectivity index (χ4n) is 4.33. The third-order valence-corrected chi connectivity index (χ3v) is 5.78. The number of aromatic nitrogens is 2. The minimum atomic E-state index is -0.388. The van der Waals surface area contributed by atoms with E-state index in [2.05, 4.69) is 10.00 Å². The van der Waals surface area contributed by atoms with Crippen LogP contribution in [0.4, 0.5) is 4.39 Å². The molecule has 3 heterocycles. The molecule has 2 aliphatic heterocycles. The molecule has 0 unspecified atom stereocenters. The van der Waals surface area contributed by atoms with Crippen molar-refractivity contribution < 1.29 is 28.6 Å². The predicted octanol–water partition coefficient (Wildman–Crippen LogP) is 2.09. The number of likely N-dealkylation sites (tertiary alicyclic amines) is 1. The molecule has 1 aromatic heterocycles. The molecule has 1 aromatic carbocycles. The number of hydrogen-bond donors (Lipinski definition) is 1. The quantitative estimate of drug-likeness (QED) is 0.657. The van der Waals surface area contributed by atoms with Crippen LogP contribution in [0.2, 0.25) is 0 Å². The van der Waals surface area contributed by atoms with Crippen molar-refractivity contribution in [3.05, 3.63) is 48.0 Å². The molecule has 180 valence electrons. The SMILES string of the molecule is Cn1cc([C@H]2[C@H](CN3CCCCC3)OCCN2C(=O)COc2cccc(F)c2)cn1.O=CO. The van der Waals surface area contributed by atoms with Gasteiger partial charge in [0.25, 0.3) is 12.4 Å². The smallest absolute Gasteiger partial charge is 0.290 e. The first-order chi connectivity index (χ1) is 16.0. The van der Waals surface area contributed by atoms with Gasteiger partial charge in [-0.1, -0.05) is 12.5 Å². The van der Waals surface area contributed by atoms with E-state index in [9.17, 15) is 9.18 Å². The van der Waals surface area contributed by atoms with E-state index in [1.54, 1.807) is 23.0 Å². The Labute approximate surface area is 192 Å². The van der Waals surface area contributed by atoms with Gasteiger partial charge >= 0.3 is 0 Å². The van der Waals surface area contributed by atoms with Crippen LogP contribution >= 0.6 is 0 Å². The summed E-state index contributed by atoms with van der Waals surface area (Å²) in [6.45, 7) is 3.50. The number of carbonyl (C=O) groups is 2. The summed E-state index contributed by atoms with van der Waals surface area (Å²) in [5.41, 5.74) is 0.957. The average molecular weight is 463 g/mol. The molecule has 0 saturated carbocycles. The van der Waals surface area contributed by atoms with E-state index in [0.29, 0.717) is 18.9 Å². The van der Waals surface area contributed by atoms with Gasteiger partial charge < -0.3 is 24.4 Å². The minimum Gasteiger partial charge on any atom is -0.484 e. The molecule has 0 aliphatic carbocycles. The van der Waals surface area contributed by atoms with Crippen molar-refractivity contribution in [3.8, 4) is 5.75 Å². The Bertz CT molecular complexity index is 902. The number of nitrogens with zero attached hydrogens (tertiary/aromatic N) is 4. The normalized spacial score (nSPS) is 21.1. The maximum absolute atomic E-state index is 13.4. The molecule has 2 saturated heterocycles. The Hall–Kier alpha value is -2.98. The first kappa shape index (κ1) is 24.7. The Morgan fingerprint density at radius 1 is 1.30 bits per heavy atom. The van der Waals surface area contributed by atoms with Gasteiger partial charge in [0.2, 0.25) is 0 Å². The summed E-state index contributed by atoms with van der Waals surface area (Å²) in [6.07, 6.45) is 7.30. The zero-order valence-electron chi connectivity index (χ0n) is 18.8. The van der Waals surface area contributed by atoms with E-state index < -0.39 is 0 Å². The summed E-state index contributed by atoms with van der Waals surface area (Å²) in [5.74, 6) is -0.180. The molecular formula is C23H31FN4O5. The van der Waals surface area contributed by atoms with Crippen LogP contribution in [0.25, 0.3) is 0 Å². The number of carboxylic acid groups (broad SMARTS) is 1. The summed E-state index contributed by atoms with van der Waals surface area (Å²) < 4.78 is 26.9. The molecule has 0 bridgehead atoms. The molecule has 0 radical (unpaired) electrons. The highest BCUT2D eigenvalue weighted by atomic mass is 19.1. The van der Waals surface area contributed by atoms with Gasteiger partial charge in [0, 0.05) is 38.0 Å². The van der Waals surface area contributed by atoms with E-state index >= 15 is 0 Å². The highest BCUT2D eigenvalue weighted by Gasteiger charge is 2.38. The van der Waals surface area contributed by atoms with E-state index in [-0.39, 0.29) is 36.9 Å². The molecule has 0 spiro atoms. The fraction of sp³-hybridized carbons (Fsp3) is 0.522. The van der Waals surface area contributed by atoms with Gasteiger partial charge in [-0.25, -0.2) is 4.39 Å². The second-order valence-corrected chi connectivity index (χ2v) is 8.10. The van der Waals surface area contributed by atoms with Crippen molar-refractivity contribution >= 4 is 12.4 Å². The third-order valence-electron chi connectivity index (χ3n) is 5.78. The standard InChI is InChI=1S/C22H29FN4O3.CH2O2/c1-25-14-17(13-24-25)22-20(15-26-8-3-2-4-9-26)29-11-10-27(22)21(28)16-30-19-7-5-6-18(23)12-19;2-1-3/h5-7,12-14,20,22H,2-4,8-11,15-16H2,1H3;1H,(H,2,3)/t20-,22-;/m0./s1. The Kier molecular flexibility index (Phi) is 9.20. The number of carbonyl (C=O) groups excluding carboxylic acids is 1. The van der Waals surface area contributed by atoms with Gasteiger partial charge in [0.15, 0.2) is 6.61 Å². The van der Waals surface area contributed by atoms with Crippen LogP contribution < -0.4 is 4.74 Å². The highest BCUT2D eigenvalue weighted by Crippen LogP contribution is 2.31. The van der Waals surface area contributed by atoms with E-state index in [1.165, 1.54) is 31.4 Å². The average Bonchev–Trinajstić information content (AvgIpc) is 3.24. The number of benzene rings is 1. The van der Waals surface area contributed by atoms with Crippen molar-refractivity contribution in [2.75, 3.05) is 39.4 Å². The number of amides is 1. The second kappa shape index (κ2) is 12.3. The molecule has 2 aromatic rings. The van der Waals surface area contributed by atoms with Crippen LogP contribution in [-0.4, -0.2) is 82.6 Å². The van der Waals surface area contributed by atoms with Gasteiger partial charge in [0.1, 0.15) is 11.6 Å². The number of rotatable bonds is 6. The predicted molar refractivity (Wildman–Crippen MR) is 118 cm³/mol. The Morgan fingerprint density at radius 2 is 2.06 bits per heavy atom. The van der Waals surface area contributed by atoms with Gasteiger partial charge in [-0.15, -0.1) is 0 Å². The van der Waals surface area contributed by atoms with Crippen LogP contribution in [0.15, 0.2) is 36.7 Å². The maximum Gasteiger partial charge on any atom is 0.290 e. The largest absolute Gasteiger partial charge is 0.484 e. The maximum atomic E-state index is 13.4. The summed E-state index contributed by atoms with van der Waals surface area (Å²) in [5, 5.41) is 11.2. The van der Waals surface area contributed by atoms with Crippen LogP contribution in [0.1, 0.15) is 30.9 Å². The van der Waals surface area contributed by atoms with E-state index in [4.69, 9.17) is 19.4 Å². The van der Waals surface area contributed by atoms with Crippen LogP contribution in [0, 0.1) is 5.82 Å². The molecule has 10 heteroatoms. The minimum absolute atomic E-state index is 0.126. The first-order valence-electron chi connectivity index (χ1n) is 11.1. The van der Waals surface area contributed by atoms with Gasteiger partial charge in [-0.2, -0.15) is 5.10 Å². The fourth-order valence-corrected chi connectivity index (χ4v) is 4.33. The van der Waals surface area contributed by atoms with Crippen LogP contribution in [-0.2, 0) is 21.4 Å². The topological polar surface area (TPSA) is 97.1 Å². The zero-order chi connectivity index (χ0) is 23.6. The molecule has 33 heavy (non-hydrogen) atoms. The molecule has 1 amide bonds. The van der Waals surface area contributed by atoms with Gasteiger partial charge in [-0.05, 0) is 38.1 Å². The first-order valence-corrected chi connectivity index (χ1v) is 11.1. The van der Waals surface area contributed by atoms with E-state index in [0.717, 1.165) is 25.2 Å². The van der Waals surface area contributed by atoms with Gasteiger partial charge in [0.05, 0.1) is 24.9 Å². The van der Waals surface area contributed by atoms with Crippen LogP contribution in [0.5, 0.6) is 5.75 Å². The van der Waals surface area contributed by atoms with Gasteiger partial charge in [-0.3, -0.25) is 14.3 Å². The molecule has 2 aliphatic rings. The third kappa shape index (κ3) is 7.00. The number of hydrogen-bond acceptors (Lipinski definition) is 6. The molecule has 2 fully saturated rings. The number of halogens is 1. The number of morpholine rings is 1. The molecule has 9 nitrogen and oxygen atoms in total. The summed E-state index contributed by atoms with van der Waals surface area (Å²) >= 11 is 0. The zero-order valence-corrected chi connectivity index (χ0v) is 18.8. The lowest BCUT2D eigenvalue weighted by Gasteiger charge is -2.43.